The fraction of sp³-hybridized carbons (Fsp3) is 0.429. The van der Waals surface area contributed by atoms with Crippen LogP contribution in [0.25, 0.3) is 0 Å². The molecule has 0 aliphatic carbocycles. The average Bonchev–Trinajstić information content (AvgIpc) is 2.36. The van der Waals surface area contributed by atoms with Crippen LogP contribution in [0.1, 0.15) is 25.0 Å². The number of hydrogen-bond acceptors (Lipinski definition) is 2. The topological polar surface area (TPSA) is 57.6 Å². The molecule has 1 aromatic carbocycles. The first-order chi connectivity index (χ1) is 8.58. The summed E-state index contributed by atoms with van der Waals surface area (Å²) in [5, 5.41) is 8.74. The maximum Gasteiger partial charge on any atom is 0.323 e. The van der Waals surface area contributed by atoms with Crippen LogP contribution in [0.2, 0.25) is 0 Å². The Morgan fingerprint density at radius 2 is 1.78 bits per heavy atom. The molecule has 0 radical (unpaired) electrons. The number of amides is 1. The van der Waals surface area contributed by atoms with Crippen LogP contribution in [0.3, 0.4) is 0 Å². The third-order valence-electron chi connectivity index (χ3n) is 2.90. The summed E-state index contributed by atoms with van der Waals surface area (Å²) in [5.41, 5.74) is 2.12. The van der Waals surface area contributed by atoms with E-state index in [1.54, 1.807) is 6.92 Å². The smallest absolute Gasteiger partial charge is 0.323 e. The molecule has 0 bridgehead atoms. The molecule has 1 N–H and O–H groups in total. The van der Waals surface area contributed by atoms with Crippen molar-refractivity contribution in [3.63, 3.8) is 0 Å². The van der Waals surface area contributed by atoms with Gasteiger partial charge >= 0.3 is 5.97 Å². The van der Waals surface area contributed by atoms with Gasteiger partial charge in [-0.05, 0) is 24.5 Å². The SMILES string of the molecule is CCc1ccccc1CC(=O)N(CC)CC(=O)O. The summed E-state index contributed by atoms with van der Waals surface area (Å²) in [4.78, 5) is 24.0. The predicted octanol–water partition coefficient (Wildman–Crippen LogP) is 1.72. The van der Waals surface area contributed by atoms with E-state index in [9.17, 15) is 9.59 Å². The second kappa shape index (κ2) is 6.79. The minimum absolute atomic E-state index is 0.138. The molecule has 98 valence electrons. The molecule has 0 spiro atoms. The van der Waals surface area contributed by atoms with Crippen molar-refractivity contribution in [2.24, 2.45) is 0 Å². The first-order valence-corrected chi connectivity index (χ1v) is 6.14. The lowest BCUT2D eigenvalue weighted by Gasteiger charge is -2.19. The van der Waals surface area contributed by atoms with E-state index in [4.69, 9.17) is 5.11 Å². The summed E-state index contributed by atoms with van der Waals surface area (Å²) < 4.78 is 0. The van der Waals surface area contributed by atoms with E-state index in [-0.39, 0.29) is 18.9 Å². The molecule has 4 nitrogen and oxygen atoms in total. The predicted molar refractivity (Wildman–Crippen MR) is 69.4 cm³/mol. The maximum atomic E-state index is 12.0. The average molecular weight is 249 g/mol. The third-order valence-corrected chi connectivity index (χ3v) is 2.90. The van der Waals surface area contributed by atoms with Crippen LogP contribution in [0.5, 0.6) is 0 Å². The van der Waals surface area contributed by atoms with Gasteiger partial charge in [0.25, 0.3) is 0 Å². The Labute approximate surface area is 107 Å². The molecule has 4 heteroatoms. The number of nitrogens with zero attached hydrogens (tertiary/aromatic N) is 1. The molecule has 18 heavy (non-hydrogen) atoms. The number of rotatable bonds is 6. The molecular weight excluding hydrogens is 230 g/mol. The van der Waals surface area contributed by atoms with Gasteiger partial charge < -0.3 is 10.0 Å². The van der Waals surface area contributed by atoms with E-state index in [1.807, 2.05) is 31.2 Å². The van der Waals surface area contributed by atoms with Gasteiger partial charge in [0, 0.05) is 6.54 Å². The van der Waals surface area contributed by atoms with Gasteiger partial charge in [0.05, 0.1) is 6.42 Å². The molecular formula is C14H19NO3. The van der Waals surface area contributed by atoms with Gasteiger partial charge in [-0.15, -0.1) is 0 Å². The Morgan fingerprint density at radius 1 is 1.17 bits per heavy atom. The molecule has 0 heterocycles. The summed E-state index contributed by atoms with van der Waals surface area (Å²) in [7, 11) is 0. The van der Waals surface area contributed by atoms with Crippen molar-refractivity contribution in [1.82, 2.24) is 4.90 Å². The highest BCUT2D eigenvalue weighted by atomic mass is 16.4. The normalized spacial score (nSPS) is 10.1. The van der Waals surface area contributed by atoms with Crippen LogP contribution in [0.15, 0.2) is 24.3 Å². The Kier molecular flexibility index (Phi) is 5.36. The maximum absolute atomic E-state index is 12.0. The van der Waals surface area contributed by atoms with E-state index in [1.165, 1.54) is 4.90 Å². The number of likely N-dealkylation sites (N-methyl/N-ethyl adjacent to an activating group) is 1. The summed E-state index contributed by atoms with van der Waals surface area (Å²) in [6, 6.07) is 7.76. The second-order valence-electron chi connectivity index (χ2n) is 4.10. The Balaban J connectivity index is 2.76. The van der Waals surface area contributed by atoms with E-state index in [0.717, 1.165) is 17.5 Å². The number of carbonyl (C=O) groups excluding carboxylic acids is 1. The number of carboxylic acids is 1. The Bertz CT molecular complexity index is 429. The van der Waals surface area contributed by atoms with Crippen molar-refractivity contribution in [2.75, 3.05) is 13.1 Å². The highest BCUT2D eigenvalue weighted by Gasteiger charge is 2.16. The number of carboxylic acid groups (broad SMARTS) is 1. The molecule has 1 rings (SSSR count). The summed E-state index contributed by atoms with van der Waals surface area (Å²) >= 11 is 0. The molecule has 0 saturated heterocycles. The molecule has 0 fully saturated rings. The number of benzene rings is 1. The van der Waals surface area contributed by atoms with Crippen LogP contribution in [0, 0.1) is 0 Å². The van der Waals surface area contributed by atoms with Gasteiger partial charge in [-0.2, -0.15) is 0 Å². The molecule has 0 unspecified atom stereocenters. The molecule has 0 aliphatic heterocycles. The zero-order valence-electron chi connectivity index (χ0n) is 10.8. The zero-order chi connectivity index (χ0) is 13.5. The van der Waals surface area contributed by atoms with Crippen molar-refractivity contribution in [1.29, 1.82) is 0 Å². The van der Waals surface area contributed by atoms with Gasteiger partial charge in [0.2, 0.25) is 5.91 Å². The van der Waals surface area contributed by atoms with Crippen molar-refractivity contribution < 1.29 is 14.7 Å². The van der Waals surface area contributed by atoms with E-state index in [2.05, 4.69) is 0 Å². The zero-order valence-corrected chi connectivity index (χ0v) is 10.8. The van der Waals surface area contributed by atoms with Crippen molar-refractivity contribution in [3.05, 3.63) is 35.4 Å². The van der Waals surface area contributed by atoms with E-state index < -0.39 is 5.97 Å². The van der Waals surface area contributed by atoms with Gasteiger partial charge in [-0.3, -0.25) is 9.59 Å². The number of hydrogen-bond donors (Lipinski definition) is 1. The van der Waals surface area contributed by atoms with Gasteiger partial charge in [0.1, 0.15) is 6.54 Å². The molecule has 0 aliphatic rings. The monoisotopic (exact) mass is 249 g/mol. The highest BCUT2D eigenvalue weighted by Crippen LogP contribution is 2.11. The quantitative estimate of drug-likeness (QED) is 0.835. The van der Waals surface area contributed by atoms with Crippen molar-refractivity contribution in [3.8, 4) is 0 Å². The molecule has 0 atom stereocenters. The van der Waals surface area contributed by atoms with Crippen LogP contribution < -0.4 is 0 Å². The van der Waals surface area contributed by atoms with Gasteiger partial charge in [-0.25, -0.2) is 0 Å². The second-order valence-corrected chi connectivity index (χ2v) is 4.10. The number of carbonyl (C=O) groups is 2. The van der Waals surface area contributed by atoms with E-state index in [0.29, 0.717) is 6.54 Å². The molecule has 0 aromatic heterocycles. The molecule has 1 amide bonds. The third kappa shape index (κ3) is 3.87. The van der Waals surface area contributed by atoms with Gasteiger partial charge in [0.15, 0.2) is 0 Å². The lowest BCUT2D eigenvalue weighted by Crippen LogP contribution is -2.36. The fourth-order valence-electron chi connectivity index (χ4n) is 1.89. The number of aryl methyl sites for hydroxylation is 1. The van der Waals surface area contributed by atoms with Gasteiger partial charge in [-0.1, -0.05) is 31.2 Å². The minimum atomic E-state index is -0.978. The standard InChI is InChI=1S/C14H19NO3/c1-3-11-7-5-6-8-12(11)9-13(16)15(4-2)10-14(17)18/h5-8H,3-4,9-10H2,1-2H3,(H,17,18). The lowest BCUT2D eigenvalue weighted by molar-refractivity contribution is -0.144. The largest absolute Gasteiger partial charge is 0.480 e. The highest BCUT2D eigenvalue weighted by molar-refractivity contribution is 5.83. The van der Waals surface area contributed by atoms with Crippen LogP contribution in [0.4, 0.5) is 0 Å². The first kappa shape index (κ1) is 14.2. The summed E-state index contributed by atoms with van der Waals surface area (Å²) in [6.45, 7) is 4.01. The Hall–Kier alpha value is -1.84. The summed E-state index contributed by atoms with van der Waals surface area (Å²) in [5.74, 6) is -1.12. The van der Waals surface area contributed by atoms with Crippen molar-refractivity contribution in [2.45, 2.75) is 26.7 Å². The Morgan fingerprint density at radius 3 is 2.28 bits per heavy atom. The minimum Gasteiger partial charge on any atom is -0.480 e. The van der Waals surface area contributed by atoms with Crippen LogP contribution in [-0.2, 0) is 22.4 Å². The number of aliphatic carboxylic acids is 1. The van der Waals surface area contributed by atoms with Crippen molar-refractivity contribution >= 4 is 11.9 Å². The summed E-state index contributed by atoms with van der Waals surface area (Å²) in [6.07, 6.45) is 1.14. The molecule has 0 saturated carbocycles. The fourth-order valence-corrected chi connectivity index (χ4v) is 1.89. The van der Waals surface area contributed by atoms with E-state index >= 15 is 0 Å². The molecule has 1 aromatic rings. The lowest BCUT2D eigenvalue weighted by atomic mass is 10.0. The van der Waals surface area contributed by atoms with Crippen LogP contribution in [-0.4, -0.2) is 35.0 Å². The van der Waals surface area contributed by atoms with Crippen LogP contribution >= 0.6 is 0 Å². The first-order valence-electron chi connectivity index (χ1n) is 6.14.